The molecular weight excluding hydrogens is 230 g/mol. The maximum atomic E-state index is 5.38. The Hall–Kier alpha value is -1.10. The van der Waals surface area contributed by atoms with E-state index in [1.165, 1.54) is 5.56 Å². The molecule has 1 rings (SSSR count). The van der Waals surface area contributed by atoms with Gasteiger partial charge in [-0.25, -0.2) is 0 Å². The third kappa shape index (κ3) is 6.00. The van der Waals surface area contributed by atoms with Crippen LogP contribution in [0.15, 0.2) is 24.3 Å². The molecule has 1 aromatic carbocycles. The maximum Gasteiger partial charge on any atom is 0.123 e. The molecule has 4 nitrogen and oxygen atoms in total. The van der Waals surface area contributed by atoms with Gasteiger partial charge in [0, 0.05) is 25.8 Å². The fourth-order valence-electron chi connectivity index (χ4n) is 1.62. The van der Waals surface area contributed by atoms with Crippen LogP contribution in [0.4, 0.5) is 0 Å². The number of ether oxygens (including phenoxy) is 3. The molecule has 0 amide bonds. The Morgan fingerprint density at radius 3 is 2.67 bits per heavy atom. The van der Waals surface area contributed by atoms with Crippen molar-refractivity contribution in [2.45, 2.75) is 13.0 Å². The fraction of sp³-hybridized carbons (Fsp3) is 0.571. The van der Waals surface area contributed by atoms with Gasteiger partial charge in [-0.05, 0) is 19.0 Å². The van der Waals surface area contributed by atoms with Crippen LogP contribution in [0.5, 0.6) is 5.75 Å². The summed E-state index contributed by atoms with van der Waals surface area (Å²) in [5.41, 5.74) is 1.18. The predicted octanol–water partition coefficient (Wildman–Crippen LogP) is 1.84. The Morgan fingerprint density at radius 1 is 1.06 bits per heavy atom. The summed E-state index contributed by atoms with van der Waals surface area (Å²) in [7, 11) is 3.38. The second-order valence-corrected chi connectivity index (χ2v) is 3.95. The first-order chi connectivity index (χ1) is 8.88. The van der Waals surface area contributed by atoms with Gasteiger partial charge in [0.25, 0.3) is 0 Å². The van der Waals surface area contributed by atoms with Gasteiger partial charge < -0.3 is 19.5 Å². The van der Waals surface area contributed by atoms with Crippen LogP contribution in [-0.2, 0) is 16.0 Å². The standard InChI is InChI=1S/C14H23NO3/c1-16-10-11-18-9-5-8-15-12-13-6-3-4-7-14(13)17-2/h3-4,6-7,15H,5,8-12H2,1-2H3. The van der Waals surface area contributed by atoms with E-state index in [1.807, 2.05) is 18.2 Å². The summed E-state index contributed by atoms with van der Waals surface area (Å²) in [6.45, 7) is 3.85. The van der Waals surface area contributed by atoms with E-state index in [1.54, 1.807) is 14.2 Å². The molecule has 0 fully saturated rings. The Balaban J connectivity index is 2.07. The van der Waals surface area contributed by atoms with Crippen LogP contribution in [0.3, 0.4) is 0 Å². The molecule has 0 saturated heterocycles. The number of hydrogen-bond donors (Lipinski definition) is 1. The highest BCUT2D eigenvalue weighted by Crippen LogP contribution is 2.16. The summed E-state index contributed by atoms with van der Waals surface area (Å²) in [5.74, 6) is 0.932. The molecule has 0 unspecified atom stereocenters. The van der Waals surface area contributed by atoms with Crippen molar-refractivity contribution in [3.8, 4) is 5.75 Å². The zero-order chi connectivity index (χ0) is 13.1. The zero-order valence-corrected chi connectivity index (χ0v) is 11.3. The second-order valence-electron chi connectivity index (χ2n) is 3.95. The molecular formula is C14H23NO3. The van der Waals surface area contributed by atoms with Crippen LogP contribution < -0.4 is 10.1 Å². The summed E-state index contributed by atoms with van der Waals surface area (Å²) in [6, 6.07) is 8.05. The highest BCUT2D eigenvalue weighted by atomic mass is 16.5. The topological polar surface area (TPSA) is 39.7 Å². The maximum absolute atomic E-state index is 5.38. The monoisotopic (exact) mass is 253 g/mol. The van der Waals surface area contributed by atoms with E-state index in [0.717, 1.165) is 31.9 Å². The lowest BCUT2D eigenvalue weighted by Gasteiger charge is -2.09. The molecule has 102 valence electrons. The molecule has 0 aliphatic heterocycles. The molecule has 1 N–H and O–H groups in total. The van der Waals surface area contributed by atoms with Gasteiger partial charge in [-0.2, -0.15) is 0 Å². The minimum atomic E-state index is 0.661. The minimum Gasteiger partial charge on any atom is -0.496 e. The molecule has 0 spiro atoms. The molecule has 0 radical (unpaired) electrons. The summed E-state index contributed by atoms with van der Waals surface area (Å²) in [5, 5.41) is 3.38. The van der Waals surface area contributed by atoms with Gasteiger partial charge in [0.05, 0.1) is 20.3 Å². The van der Waals surface area contributed by atoms with E-state index in [2.05, 4.69) is 11.4 Å². The summed E-state index contributed by atoms with van der Waals surface area (Å²) in [4.78, 5) is 0. The Bertz CT molecular complexity index is 318. The van der Waals surface area contributed by atoms with Gasteiger partial charge in [0.15, 0.2) is 0 Å². The summed E-state index contributed by atoms with van der Waals surface area (Å²) < 4.78 is 15.6. The first kappa shape index (κ1) is 15.0. The molecule has 0 heterocycles. The number of methoxy groups -OCH3 is 2. The molecule has 0 bridgehead atoms. The molecule has 18 heavy (non-hydrogen) atoms. The average molecular weight is 253 g/mol. The minimum absolute atomic E-state index is 0.661. The number of hydrogen-bond acceptors (Lipinski definition) is 4. The molecule has 0 saturated carbocycles. The van der Waals surface area contributed by atoms with Crippen LogP contribution in [0.1, 0.15) is 12.0 Å². The van der Waals surface area contributed by atoms with Crippen molar-refractivity contribution in [2.24, 2.45) is 0 Å². The van der Waals surface area contributed by atoms with Gasteiger partial charge in [0.1, 0.15) is 5.75 Å². The van der Waals surface area contributed by atoms with E-state index in [4.69, 9.17) is 14.2 Å². The number of benzene rings is 1. The van der Waals surface area contributed by atoms with Crippen molar-refractivity contribution < 1.29 is 14.2 Å². The van der Waals surface area contributed by atoms with Gasteiger partial charge in [0.2, 0.25) is 0 Å². The number of nitrogens with one attached hydrogen (secondary N) is 1. The largest absolute Gasteiger partial charge is 0.496 e. The van der Waals surface area contributed by atoms with Gasteiger partial charge >= 0.3 is 0 Å². The summed E-state index contributed by atoms with van der Waals surface area (Å²) >= 11 is 0. The smallest absolute Gasteiger partial charge is 0.123 e. The lowest BCUT2D eigenvalue weighted by molar-refractivity contribution is 0.0694. The molecule has 0 aromatic heterocycles. The second kappa shape index (κ2) is 9.88. The van der Waals surface area contributed by atoms with Crippen LogP contribution in [0.2, 0.25) is 0 Å². The third-order valence-corrected chi connectivity index (χ3v) is 2.58. The van der Waals surface area contributed by atoms with Crippen LogP contribution in [0, 0.1) is 0 Å². The first-order valence-corrected chi connectivity index (χ1v) is 6.27. The molecule has 0 atom stereocenters. The van der Waals surface area contributed by atoms with Crippen molar-refractivity contribution in [3.05, 3.63) is 29.8 Å². The predicted molar refractivity (Wildman–Crippen MR) is 72.0 cm³/mol. The highest BCUT2D eigenvalue weighted by molar-refractivity contribution is 5.32. The molecule has 1 aromatic rings. The van der Waals surface area contributed by atoms with E-state index in [-0.39, 0.29) is 0 Å². The zero-order valence-electron chi connectivity index (χ0n) is 11.3. The molecule has 0 aliphatic rings. The van der Waals surface area contributed by atoms with Crippen molar-refractivity contribution in [2.75, 3.05) is 40.6 Å². The van der Waals surface area contributed by atoms with E-state index in [0.29, 0.717) is 13.2 Å². The normalized spacial score (nSPS) is 10.6. The summed E-state index contributed by atoms with van der Waals surface area (Å²) in [6.07, 6.45) is 0.999. The van der Waals surface area contributed by atoms with E-state index >= 15 is 0 Å². The Morgan fingerprint density at radius 2 is 1.89 bits per heavy atom. The molecule has 4 heteroatoms. The van der Waals surface area contributed by atoms with E-state index < -0.39 is 0 Å². The van der Waals surface area contributed by atoms with Crippen LogP contribution in [0.25, 0.3) is 0 Å². The number of para-hydroxylation sites is 1. The third-order valence-electron chi connectivity index (χ3n) is 2.58. The van der Waals surface area contributed by atoms with Gasteiger partial charge in [-0.15, -0.1) is 0 Å². The van der Waals surface area contributed by atoms with Crippen LogP contribution in [-0.4, -0.2) is 40.6 Å². The SMILES string of the molecule is COCCOCCCNCc1ccccc1OC. The lowest BCUT2D eigenvalue weighted by atomic mass is 10.2. The van der Waals surface area contributed by atoms with E-state index in [9.17, 15) is 0 Å². The first-order valence-electron chi connectivity index (χ1n) is 6.27. The highest BCUT2D eigenvalue weighted by Gasteiger charge is 2.00. The fourth-order valence-corrected chi connectivity index (χ4v) is 1.62. The Kier molecular flexibility index (Phi) is 8.21. The van der Waals surface area contributed by atoms with Crippen molar-refractivity contribution in [3.63, 3.8) is 0 Å². The van der Waals surface area contributed by atoms with Crippen molar-refractivity contribution in [1.29, 1.82) is 0 Å². The Labute approximate surface area is 109 Å². The van der Waals surface area contributed by atoms with Crippen molar-refractivity contribution >= 4 is 0 Å². The molecule has 0 aliphatic carbocycles. The van der Waals surface area contributed by atoms with Gasteiger partial charge in [-0.3, -0.25) is 0 Å². The quantitative estimate of drug-likeness (QED) is 0.646. The van der Waals surface area contributed by atoms with Gasteiger partial charge in [-0.1, -0.05) is 18.2 Å². The number of rotatable bonds is 10. The van der Waals surface area contributed by atoms with Crippen molar-refractivity contribution in [1.82, 2.24) is 5.32 Å². The van der Waals surface area contributed by atoms with Crippen LogP contribution >= 0.6 is 0 Å². The average Bonchev–Trinajstić information content (AvgIpc) is 2.42. The lowest BCUT2D eigenvalue weighted by Crippen LogP contribution is -2.17.